The van der Waals surface area contributed by atoms with Gasteiger partial charge in [0.05, 0.1) is 13.2 Å². The molecule has 0 aliphatic rings. The van der Waals surface area contributed by atoms with Crippen molar-refractivity contribution in [1.82, 2.24) is 15.5 Å². The lowest BCUT2D eigenvalue weighted by molar-refractivity contribution is -0.176. The zero-order chi connectivity index (χ0) is 22.7. The molecule has 31 heavy (non-hydrogen) atoms. The van der Waals surface area contributed by atoms with Crippen LogP contribution in [0.25, 0.3) is 0 Å². The summed E-state index contributed by atoms with van der Waals surface area (Å²) in [7, 11) is 4.09. The lowest BCUT2D eigenvalue weighted by Gasteiger charge is -2.12. The van der Waals surface area contributed by atoms with E-state index in [4.69, 9.17) is 0 Å². The number of halogens is 3. The normalized spacial score (nSPS) is 12.3. The molecular weight excluding hydrogens is 405 g/mol. The van der Waals surface area contributed by atoms with Crippen LogP contribution in [-0.4, -0.2) is 44.3 Å². The minimum absolute atomic E-state index is 0.0648. The van der Waals surface area contributed by atoms with E-state index in [9.17, 15) is 13.2 Å². The van der Waals surface area contributed by atoms with Crippen LogP contribution in [0.2, 0.25) is 0 Å². The van der Waals surface area contributed by atoms with Gasteiger partial charge in [-0.3, -0.25) is 0 Å². The third-order valence-corrected chi connectivity index (χ3v) is 4.30. The monoisotopic (exact) mass is 436 g/mol. The topological polar surface area (TPSA) is 48.9 Å². The molecule has 0 saturated carbocycles. The first kappa shape index (κ1) is 24.7. The first-order chi connectivity index (χ1) is 14.7. The van der Waals surface area contributed by atoms with Gasteiger partial charge in [0.25, 0.3) is 0 Å². The van der Waals surface area contributed by atoms with Gasteiger partial charge >= 0.3 is 6.18 Å². The molecule has 8 heteroatoms. The number of guanidine groups is 1. The highest BCUT2D eigenvalue weighted by Crippen LogP contribution is 2.16. The van der Waals surface area contributed by atoms with Crippen LogP contribution in [0.1, 0.15) is 29.2 Å². The largest absolute Gasteiger partial charge is 0.411 e. The smallest absolute Gasteiger partial charge is 0.367 e. The maximum absolute atomic E-state index is 12.1. The molecule has 0 bridgehead atoms. The van der Waals surface area contributed by atoms with Crippen LogP contribution in [0.4, 0.5) is 13.2 Å². The van der Waals surface area contributed by atoms with Gasteiger partial charge in [-0.05, 0) is 43.3 Å². The van der Waals surface area contributed by atoms with E-state index in [1.165, 1.54) is 5.56 Å². The van der Waals surface area contributed by atoms with E-state index in [1.807, 2.05) is 33.2 Å². The van der Waals surface area contributed by atoms with Gasteiger partial charge < -0.3 is 20.3 Å². The predicted molar refractivity (Wildman–Crippen MR) is 118 cm³/mol. The molecule has 2 aromatic rings. The molecule has 2 N–H and O–H groups in total. The van der Waals surface area contributed by atoms with Crippen molar-refractivity contribution in [1.29, 1.82) is 0 Å². The number of hydrogen-bond donors (Lipinski definition) is 2. The summed E-state index contributed by atoms with van der Waals surface area (Å²) in [6, 6.07) is 15.7. The molecule has 0 saturated heterocycles. The number of alkyl halides is 3. The average Bonchev–Trinajstić information content (AvgIpc) is 2.71. The molecule has 0 spiro atoms. The van der Waals surface area contributed by atoms with E-state index in [0.29, 0.717) is 24.6 Å². The Morgan fingerprint density at radius 1 is 0.903 bits per heavy atom. The average molecular weight is 437 g/mol. The molecule has 0 fully saturated rings. The van der Waals surface area contributed by atoms with Gasteiger partial charge in [-0.2, -0.15) is 13.2 Å². The highest BCUT2D eigenvalue weighted by atomic mass is 19.4. The Kier molecular flexibility index (Phi) is 9.81. The summed E-state index contributed by atoms with van der Waals surface area (Å²) in [5.74, 6) is 0.706. The van der Waals surface area contributed by atoms with E-state index in [0.717, 1.165) is 24.2 Å². The van der Waals surface area contributed by atoms with Crippen LogP contribution in [0, 0.1) is 0 Å². The Labute approximate surface area is 182 Å². The summed E-state index contributed by atoms with van der Waals surface area (Å²) in [6.07, 6.45) is -4.31. The first-order valence-electron chi connectivity index (χ1n) is 10.2. The van der Waals surface area contributed by atoms with Gasteiger partial charge in [-0.25, -0.2) is 4.99 Å². The molecular formula is C23H31F3N4O. The fraction of sp³-hybridized carbons (Fsp3) is 0.435. The van der Waals surface area contributed by atoms with E-state index in [1.54, 1.807) is 12.1 Å². The number of hydrogen-bond acceptors (Lipinski definition) is 3. The van der Waals surface area contributed by atoms with Gasteiger partial charge in [0.15, 0.2) is 5.96 Å². The van der Waals surface area contributed by atoms with Crippen LogP contribution in [-0.2, 0) is 31.0 Å². The minimum Gasteiger partial charge on any atom is -0.367 e. The number of aliphatic imine (C=N–C) groups is 1. The van der Waals surface area contributed by atoms with E-state index in [-0.39, 0.29) is 6.61 Å². The molecule has 170 valence electrons. The molecule has 0 atom stereocenters. The quantitative estimate of drug-likeness (QED) is 0.435. The minimum atomic E-state index is -4.31. The Balaban J connectivity index is 1.85. The third kappa shape index (κ3) is 10.3. The van der Waals surface area contributed by atoms with Crippen molar-refractivity contribution in [2.75, 3.05) is 27.2 Å². The second kappa shape index (κ2) is 12.3. The van der Waals surface area contributed by atoms with Crippen molar-refractivity contribution in [2.24, 2.45) is 4.99 Å². The predicted octanol–water partition coefficient (Wildman–Crippen LogP) is 4.08. The SMILES string of the molecule is CCNC(=NCc1ccc(CN(C)C)cc1)NCc1ccc(COCC(F)(F)F)cc1. The van der Waals surface area contributed by atoms with Crippen molar-refractivity contribution < 1.29 is 17.9 Å². The summed E-state index contributed by atoms with van der Waals surface area (Å²) >= 11 is 0. The Bertz CT molecular complexity index is 803. The number of benzene rings is 2. The summed E-state index contributed by atoms with van der Waals surface area (Å²) in [6.45, 7) is 3.46. The summed E-state index contributed by atoms with van der Waals surface area (Å²) in [4.78, 5) is 6.76. The Hall–Kier alpha value is -2.58. The molecule has 0 aromatic heterocycles. The summed E-state index contributed by atoms with van der Waals surface area (Å²) in [5.41, 5.74) is 4.09. The van der Waals surface area contributed by atoms with Crippen LogP contribution < -0.4 is 10.6 Å². The van der Waals surface area contributed by atoms with Gasteiger partial charge in [0.1, 0.15) is 6.61 Å². The number of rotatable bonds is 10. The number of nitrogens with one attached hydrogen (secondary N) is 2. The second-order valence-electron chi connectivity index (χ2n) is 7.53. The molecule has 5 nitrogen and oxygen atoms in total. The molecule has 2 rings (SSSR count). The zero-order valence-corrected chi connectivity index (χ0v) is 18.3. The van der Waals surface area contributed by atoms with Crippen LogP contribution in [0.3, 0.4) is 0 Å². The van der Waals surface area contributed by atoms with Crippen molar-refractivity contribution in [3.63, 3.8) is 0 Å². The molecule has 0 unspecified atom stereocenters. The van der Waals surface area contributed by atoms with Crippen molar-refractivity contribution in [3.05, 3.63) is 70.8 Å². The highest BCUT2D eigenvalue weighted by Gasteiger charge is 2.27. The fourth-order valence-corrected chi connectivity index (χ4v) is 2.85. The molecule has 0 radical (unpaired) electrons. The van der Waals surface area contributed by atoms with Crippen molar-refractivity contribution in [2.45, 2.75) is 39.3 Å². The van der Waals surface area contributed by atoms with Gasteiger partial charge in [-0.15, -0.1) is 0 Å². The zero-order valence-electron chi connectivity index (χ0n) is 18.3. The van der Waals surface area contributed by atoms with Crippen LogP contribution in [0.5, 0.6) is 0 Å². The summed E-state index contributed by atoms with van der Waals surface area (Å²) in [5, 5.41) is 6.50. The maximum atomic E-state index is 12.1. The molecule has 2 aromatic carbocycles. The number of ether oxygens (including phenoxy) is 1. The highest BCUT2D eigenvalue weighted by molar-refractivity contribution is 5.79. The first-order valence-corrected chi connectivity index (χ1v) is 10.2. The maximum Gasteiger partial charge on any atom is 0.411 e. The van der Waals surface area contributed by atoms with Crippen LogP contribution >= 0.6 is 0 Å². The second-order valence-corrected chi connectivity index (χ2v) is 7.53. The van der Waals surface area contributed by atoms with E-state index in [2.05, 4.69) is 49.5 Å². The van der Waals surface area contributed by atoms with E-state index < -0.39 is 12.8 Å². The molecule has 0 amide bonds. The standard InChI is InChI=1S/C23H31F3N4O/c1-4-27-22(28-13-18-5-9-20(10-6-18)15-30(2)3)29-14-19-7-11-21(12-8-19)16-31-17-23(24,25)26/h5-12H,4,13-17H2,1-3H3,(H2,27,28,29). The summed E-state index contributed by atoms with van der Waals surface area (Å²) < 4.78 is 41.1. The molecule has 0 heterocycles. The molecule has 0 aliphatic heterocycles. The Morgan fingerprint density at radius 3 is 2.06 bits per heavy atom. The number of nitrogens with zero attached hydrogens (tertiary/aromatic N) is 2. The van der Waals surface area contributed by atoms with Gasteiger partial charge in [0, 0.05) is 19.6 Å². The third-order valence-electron chi connectivity index (χ3n) is 4.30. The van der Waals surface area contributed by atoms with Crippen molar-refractivity contribution in [3.8, 4) is 0 Å². The van der Waals surface area contributed by atoms with Crippen molar-refractivity contribution >= 4 is 5.96 Å². The van der Waals surface area contributed by atoms with Crippen LogP contribution in [0.15, 0.2) is 53.5 Å². The van der Waals surface area contributed by atoms with Gasteiger partial charge in [-0.1, -0.05) is 48.5 Å². The fourth-order valence-electron chi connectivity index (χ4n) is 2.85. The van der Waals surface area contributed by atoms with Gasteiger partial charge in [0.2, 0.25) is 0 Å². The van der Waals surface area contributed by atoms with E-state index >= 15 is 0 Å². The molecule has 0 aliphatic carbocycles. The lowest BCUT2D eigenvalue weighted by atomic mass is 10.1. The lowest BCUT2D eigenvalue weighted by Crippen LogP contribution is -2.36. The Morgan fingerprint density at radius 2 is 1.48 bits per heavy atom.